The highest BCUT2D eigenvalue weighted by Crippen LogP contribution is 2.52. The van der Waals surface area contributed by atoms with Gasteiger partial charge in [0.25, 0.3) is 0 Å². The Labute approximate surface area is 217 Å². The van der Waals surface area contributed by atoms with E-state index in [4.69, 9.17) is 19.9 Å². The van der Waals surface area contributed by atoms with Crippen LogP contribution in [0.25, 0.3) is 0 Å². The first-order valence-electron chi connectivity index (χ1n) is 12.2. The van der Waals surface area contributed by atoms with Crippen molar-refractivity contribution in [1.82, 2.24) is 0 Å². The number of hydrogen-bond donors (Lipinski definition) is 5. The van der Waals surface area contributed by atoms with Crippen molar-refractivity contribution in [3.05, 3.63) is 51.6 Å². The minimum Gasteiger partial charge on any atom is -0.507 e. The van der Waals surface area contributed by atoms with Gasteiger partial charge in [0.15, 0.2) is 17.9 Å². The summed E-state index contributed by atoms with van der Waals surface area (Å²) in [5.74, 6) is -3.19. The fourth-order valence-corrected chi connectivity index (χ4v) is 5.66. The van der Waals surface area contributed by atoms with E-state index in [9.17, 15) is 34.8 Å². The molecule has 1 heterocycles. The number of hydrogen-bond acceptors (Lipinski definition) is 11. The highest BCUT2D eigenvalue weighted by Gasteiger charge is 2.49. The van der Waals surface area contributed by atoms with Crippen molar-refractivity contribution in [1.29, 1.82) is 0 Å². The summed E-state index contributed by atoms with van der Waals surface area (Å²) in [6.45, 7) is 2.79. The average Bonchev–Trinajstić information content (AvgIpc) is 2.87. The number of Topliss-reactive ketones (excluding diaryl/α,β-unsaturated/α-hetero) is 1. The standard InChI is InChI=1S/C27H29NO10/c1-10-22(30)14(28)7-17(37-10)38-16-9-27(35,11(2)29)8-13-19(16)26(34)20-21(24(13)32)25(33)18-12(23(20)31)5-4-6-15(18)36-3/h4-6,10,14,16-17,22,30,32,34-35H,7-9,28H2,1-3H3/t10-,14-,16-,17-,22+,27-/m1/s1. The number of phenols is 2. The van der Waals surface area contributed by atoms with E-state index in [-0.39, 0.29) is 40.8 Å². The molecule has 1 fully saturated rings. The molecule has 3 aliphatic rings. The Balaban J connectivity index is 1.68. The molecule has 0 aromatic heterocycles. The zero-order chi connectivity index (χ0) is 27.7. The molecule has 6 atom stereocenters. The predicted molar refractivity (Wildman–Crippen MR) is 130 cm³/mol. The Morgan fingerprint density at radius 2 is 1.82 bits per heavy atom. The molecule has 1 aliphatic heterocycles. The van der Waals surface area contributed by atoms with Crippen LogP contribution in [0.1, 0.15) is 75.8 Å². The molecule has 2 aromatic carbocycles. The maximum absolute atomic E-state index is 13.6. The molecular formula is C27H29NO10. The van der Waals surface area contributed by atoms with Crippen molar-refractivity contribution in [3.8, 4) is 17.2 Å². The Morgan fingerprint density at radius 3 is 2.45 bits per heavy atom. The predicted octanol–water partition coefficient (Wildman–Crippen LogP) is 1.03. The third-order valence-corrected chi connectivity index (χ3v) is 7.80. The molecule has 0 unspecified atom stereocenters. The third kappa shape index (κ3) is 3.81. The largest absolute Gasteiger partial charge is 0.507 e. The summed E-state index contributed by atoms with van der Waals surface area (Å²) in [5, 5.41) is 44.1. The Hall–Kier alpha value is -3.35. The van der Waals surface area contributed by atoms with Crippen molar-refractivity contribution in [2.45, 2.75) is 69.4 Å². The van der Waals surface area contributed by atoms with Crippen molar-refractivity contribution < 1.29 is 49.0 Å². The van der Waals surface area contributed by atoms with Crippen LogP contribution in [-0.2, 0) is 20.7 Å². The summed E-state index contributed by atoms with van der Waals surface area (Å²) in [7, 11) is 1.33. The van der Waals surface area contributed by atoms with E-state index in [1.165, 1.54) is 32.2 Å². The van der Waals surface area contributed by atoms with Crippen LogP contribution in [0.5, 0.6) is 17.2 Å². The van der Waals surface area contributed by atoms with Gasteiger partial charge in [0.1, 0.15) is 22.8 Å². The Kier molecular flexibility index (Phi) is 6.32. The van der Waals surface area contributed by atoms with Crippen molar-refractivity contribution in [3.63, 3.8) is 0 Å². The van der Waals surface area contributed by atoms with Gasteiger partial charge in [0.05, 0.1) is 42.1 Å². The molecule has 11 heteroatoms. The first-order valence-corrected chi connectivity index (χ1v) is 12.2. The van der Waals surface area contributed by atoms with Crippen LogP contribution >= 0.6 is 0 Å². The zero-order valence-electron chi connectivity index (χ0n) is 21.1. The van der Waals surface area contributed by atoms with Gasteiger partial charge in [0, 0.05) is 42.0 Å². The van der Waals surface area contributed by atoms with Crippen LogP contribution < -0.4 is 10.5 Å². The summed E-state index contributed by atoms with van der Waals surface area (Å²) in [5.41, 5.74) is 2.97. The molecule has 5 rings (SSSR count). The molecule has 0 bridgehead atoms. The first-order chi connectivity index (χ1) is 17.9. The number of aliphatic hydroxyl groups excluding tert-OH is 1. The zero-order valence-corrected chi connectivity index (χ0v) is 21.1. The molecule has 11 nitrogen and oxygen atoms in total. The Bertz CT molecular complexity index is 1360. The number of ether oxygens (including phenoxy) is 3. The van der Waals surface area contributed by atoms with Crippen molar-refractivity contribution in [2.24, 2.45) is 5.73 Å². The van der Waals surface area contributed by atoms with E-state index < -0.39 is 82.6 Å². The number of fused-ring (bicyclic) bond motifs is 3. The van der Waals surface area contributed by atoms with E-state index in [2.05, 4.69) is 0 Å². The highest BCUT2D eigenvalue weighted by molar-refractivity contribution is 6.31. The number of ketones is 3. The van der Waals surface area contributed by atoms with Gasteiger partial charge in [-0.2, -0.15) is 0 Å². The molecular weight excluding hydrogens is 498 g/mol. The molecule has 0 spiro atoms. The van der Waals surface area contributed by atoms with Crippen LogP contribution in [0.3, 0.4) is 0 Å². The normalized spacial score (nSPS) is 30.3. The number of aliphatic hydroxyl groups is 2. The van der Waals surface area contributed by atoms with Crippen molar-refractivity contribution >= 4 is 17.3 Å². The van der Waals surface area contributed by atoms with Gasteiger partial charge in [-0.05, 0) is 19.9 Å². The molecule has 1 saturated heterocycles. The van der Waals surface area contributed by atoms with Gasteiger partial charge in [-0.15, -0.1) is 0 Å². The highest BCUT2D eigenvalue weighted by atomic mass is 16.7. The summed E-state index contributed by atoms with van der Waals surface area (Å²) in [6, 6.07) is 3.76. The smallest absolute Gasteiger partial charge is 0.202 e. The van der Waals surface area contributed by atoms with Crippen LogP contribution in [-0.4, -0.2) is 75.0 Å². The van der Waals surface area contributed by atoms with Crippen molar-refractivity contribution in [2.75, 3.05) is 7.11 Å². The maximum Gasteiger partial charge on any atom is 0.202 e. The molecule has 6 N–H and O–H groups in total. The van der Waals surface area contributed by atoms with Crippen LogP contribution in [0.2, 0.25) is 0 Å². The molecule has 2 aromatic rings. The number of methoxy groups -OCH3 is 1. The molecule has 38 heavy (non-hydrogen) atoms. The molecule has 0 saturated carbocycles. The molecule has 202 valence electrons. The van der Waals surface area contributed by atoms with Gasteiger partial charge < -0.3 is 40.4 Å². The number of carbonyl (C=O) groups is 3. The second-order valence-corrected chi connectivity index (χ2v) is 10.1. The molecule has 0 amide bonds. The number of nitrogens with two attached hydrogens (primary N) is 1. The van der Waals surface area contributed by atoms with E-state index in [1.54, 1.807) is 6.92 Å². The summed E-state index contributed by atoms with van der Waals surface area (Å²) in [6.07, 6.45) is -4.52. The molecule has 0 radical (unpaired) electrons. The lowest BCUT2D eigenvalue weighted by Gasteiger charge is -2.42. The quantitative estimate of drug-likeness (QED) is 0.305. The van der Waals surface area contributed by atoms with Gasteiger partial charge in [-0.3, -0.25) is 14.4 Å². The van der Waals surface area contributed by atoms with Crippen LogP contribution in [0.4, 0.5) is 0 Å². The second kappa shape index (κ2) is 9.14. The SMILES string of the molecule is COc1cccc2c1C(=O)c1c(O)c3c(c(O)c1C2=O)[C@H](O[C@@H]1C[C@@H](N)[C@@H](O)[C@@H](C)O1)C[C@@](O)(C(C)=O)C3. The first kappa shape index (κ1) is 26.3. The van der Waals surface area contributed by atoms with Gasteiger partial charge in [-0.25, -0.2) is 0 Å². The average molecular weight is 528 g/mol. The fourth-order valence-electron chi connectivity index (χ4n) is 5.66. The van der Waals surface area contributed by atoms with Gasteiger partial charge >= 0.3 is 0 Å². The number of rotatable bonds is 4. The minimum absolute atomic E-state index is 0.00517. The van der Waals surface area contributed by atoms with E-state index >= 15 is 0 Å². The summed E-state index contributed by atoms with van der Waals surface area (Å²) >= 11 is 0. The van der Waals surface area contributed by atoms with E-state index in [0.717, 1.165) is 0 Å². The van der Waals surface area contributed by atoms with E-state index in [1.807, 2.05) is 0 Å². The number of carbonyl (C=O) groups excluding carboxylic acids is 3. The maximum atomic E-state index is 13.6. The monoisotopic (exact) mass is 527 g/mol. The van der Waals surface area contributed by atoms with Gasteiger partial charge in [-0.1, -0.05) is 12.1 Å². The lowest BCUT2D eigenvalue weighted by atomic mass is 9.72. The third-order valence-electron chi connectivity index (χ3n) is 7.80. The molecule has 2 aliphatic carbocycles. The topological polar surface area (TPSA) is 186 Å². The lowest BCUT2D eigenvalue weighted by molar-refractivity contribution is -0.247. The Morgan fingerprint density at radius 1 is 1.13 bits per heavy atom. The lowest BCUT2D eigenvalue weighted by Crippen LogP contribution is -2.52. The van der Waals surface area contributed by atoms with Crippen LogP contribution in [0, 0.1) is 0 Å². The van der Waals surface area contributed by atoms with E-state index in [0.29, 0.717) is 0 Å². The number of phenolic OH excluding ortho intramolecular Hbond substituents is 2. The number of benzene rings is 2. The fraction of sp³-hybridized carbons (Fsp3) is 0.444. The summed E-state index contributed by atoms with van der Waals surface area (Å²) in [4.78, 5) is 39.6. The second-order valence-electron chi connectivity index (χ2n) is 10.1. The van der Waals surface area contributed by atoms with Crippen LogP contribution in [0.15, 0.2) is 18.2 Å². The van der Waals surface area contributed by atoms with Gasteiger partial charge in [0.2, 0.25) is 5.78 Å². The number of aromatic hydroxyl groups is 2. The minimum atomic E-state index is -2.00. The summed E-state index contributed by atoms with van der Waals surface area (Å²) < 4.78 is 17.0.